The molecule has 0 aliphatic carbocycles. The largest absolute Gasteiger partial charge is 0.497 e. The first-order valence-electron chi connectivity index (χ1n) is 10.3. The summed E-state index contributed by atoms with van der Waals surface area (Å²) < 4.78 is 10.8. The van der Waals surface area contributed by atoms with Crippen molar-refractivity contribution in [2.24, 2.45) is 0 Å². The number of ether oxygens (including phenoxy) is 1. The van der Waals surface area contributed by atoms with E-state index >= 15 is 0 Å². The zero-order valence-electron chi connectivity index (χ0n) is 18.5. The molecular formula is C24H19ClN4O5S. The van der Waals surface area contributed by atoms with Gasteiger partial charge in [0.25, 0.3) is 10.9 Å². The summed E-state index contributed by atoms with van der Waals surface area (Å²) in [4.78, 5) is 25.3. The van der Waals surface area contributed by atoms with Crippen LogP contribution < -0.4 is 9.64 Å². The Morgan fingerprint density at radius 1 is 1.06 bits per heavy atom. The molecule has 4 rings (SSSR count). The lowest BCUT2D eigenvalue weighted by Gasteiger charge is -2.22. The zero-order chi connectivity index (χ0) is 24.8. The monoisotopic (exact) mass is 510 g/mol. The Labute approximate surface area is 209 Å². The second-order valence-corrected chi connectivity index (χ2v) is 8.63. The highest BCUT2D eigenvalue weighted by molar-refractivity contribution is 7.99. The van der Waals surface area contributed by atoms with E-state index in [1.54, 1.807) is 60.5 Å². The Bertz CT molecular complexity index is 1310. The molecule has 0 N–H and O–H groups in total. The van der Waals surface area contributed by atoms with E-state index in [9.17, 15) is 14.9 Å². The predicted molar refractivity (Wildman–Crippen MR) is 133 cm³/mol. The first-order valence-corrected chi connectivity index (χ1v) is 11.7. The molecule has 0 aliphatic rings. The van der Waals surface area contributed by atoms with Crippen LogP contribution in [0.2, 0.25) is 5.02 Å². The third kappa shape index (κ3) is 6.17. The summed E-state index contributed by atoms with van der Waals surface area (Å²) in [6.45, 7) is 0.259. The van der Waals surface area contributed by atoms with Gasteiger partial charge >= 0.3 is 0 Å². The molecule has 0 saturated heterocycles. The van der Waals surface area contributed by atoms with Gasteiger partial charge in [0, 0.05) is 28.4 Å². The molecule has 0 bridgehead atoms. The Balaban J connectivity index is 1.49. The van der Waals surface area contributed by atoms with Gasteiger partial charge in [0.15, 0.2) is 0 Å². The Hall–Kier alpha value is -3.89. The van der Waals surface area contributed by atoms with Gasteiger partial charge in [-0.1, -0.05) is 35.5 Å². The minimum Gasteiger partial charge on any atom is -0.497 e. The summed E-state index contributed by atoms with van der Waals surface area (Å²) in [6, 6.07) is 20.1. The molecule has 1 heterocycles. The van der Waals surface area contributed by atoms with Gasteiger partial charge in [-0.15, -0.1) is 10.2 Å². The van der Waals surface area contributed by atoms with Crippen LogP contribution in [0.25, 0.3) is 11.5 Å². The molecule has 0 spiro atoms. The molecule has 178 valence electrons. The van der Waals surface area contributed by atoms with E-state index in [1.165, 1.54) is 12.1 Å². The van der Waals surface area contributed by atoms with Gasteiger partial charge in [-0.25, -0.2) is 0 Å². The summed E-state index contributed by atoms with van der Waals surface area (Å²) >= 11 is 7.09. The number of thioether (sulfide) groups is 1. The number of nitro groups is 1. The Morgan fingerprint density at radius 2 is 1.74 bits per heavy atom. The SMILES string of the molecule is COc1ccc(-c2nnc(SCC(=O)N(Cc3ccc(Cl)cc3)c3ccc([N+](=O)[O-])cc3)o2)cc1. The molecule has 0 aliphatic heterocycles. The maximum atomic E-state index is 13.2. The average Bonchev–Trinajstić information content (AvgIpc) is 3.36. The van der Waals surface area contributed by atoms with Gasteiger partial charge in [0.05, 0.1) is 24.3 Å². The number of aromatic nitrogens is 2. The van der Waals surface area contributed by atoms with Crippen LogP contribution >= 0.6 is 23.4 Å². The summed E-state index contributed by atoms with van der Waals surface area (Å²) in [5.74, 6) is 0.828. The quantitative estimate of drug-likeness (QED) is 0.162. The number of halogens is 1. The van der Waals surface area contributed by atoms with Gasteiger partial charge in [-0.2, -0.15) is 0 Å². The number of hydrogen-bond acceptors (Lipinski definition) is 8. The number of methoxy groups -OCH3 is 1. The highest BCUT2D eigenvalue weighted by Gasteiger charge is 2.20. The molecule has 11 heteroatoms. The normalized spacial score (nSPS) is 10.7. The Kier molecular flexibility index (Phi) is 7.64. The summed E-state index contributed by atoms with van der Waals surface area (Å²) in [6.07, 6.45) is 0. The lowest BCUT2D eigenvalue weighted by molar-refractivity contribution is -0.384. The van der Waals surface area contributed by atoms with E-state index in [4.69, 9.17) is 20.8 Å². The minimum absolute atomic E-state index is 0.0226. The minimum atomic E-state index is -0.485. The van der Waals surface area contributed by atoms with Crippen LogP contribution in [0.4, 0.5) is 11.4 Å². The third-order valence-corrected chi connectivity index (χ3v) is 6.04. The molecule has 0 atom stereocenters. The van der Waals surface area contributed by atoms with E-state index in [0.717, 1.165) is 22.9 Å². The van der Waals surface area contributed by atoms with Crippen LogP contribution in [0.5, 0.6) is 5.75 Å². The van der Waals surface area contributed by atoms with Crippen LogP contribution in [-0.2, 0) is 11.3 Å². The maximum Gasteiger partial charge on any atom is 0.277 e. The number of hydrogen-bond donors (Lipinski definition) is 0. The first kappa shape index (κ1) is 24.2. The Morgan fingerprint density at radius 3 is 2.37 bits per heavy atom. The van der Waals surface area contributed by atoms with Crippen LogP contribution in [0.1, 0.15) is 5.56 Å². The van der Waals surface area contributed by atoms with E-state index < -0.39 is 4.92 Å². The molecule has 0 radical (unpaired) electrons. The van der Waals surface area contributed by atoms with Gasteiger partial charge in [-0.05, 0) is 54.1 Å². The van der Waals surface area contributed by atoms with Crippen LogP contribution in [0.15, 0.2) is 82.4 Å². The van der Waals surface area contributed by atoms with Crippen molar-refractivity contribution in [1.29, 1.82) is 0 Å². The van der Waals surface area contributed by atoms with E-state index in [-0.39, 0.29) is 29.1 Å². The van der Waals surface area contributed by atoms with Gasteiger partial charge in [0.1, 0.15) is 5.75 Å². The number of amides is 1. The van der Waals surface area contributed by atoms with Crippen LogP contribution in [0.3, 0.4) is 0 Å². The molecule has 9 nitrogen and oxygen atoms in total. The van der Waals surface area contributed by atoms with Crippen molar-refractivity contribution in [3.63, 3.8) is 0 Å². The summed E-state index contributed by atoms with van der Waals surface area (Å²) in [5, 5.41) is 19.9. The molecule has 1 amide bonds. The van der Waals surface area contributed by atoms with Crippen molar-refractivity contribution < 1.29 is 18.9 Å². The molecule has 3 aromatic carbocycles. The van der Waals surface area contributed by atoms with E-state index in [2.05, 4.69) is 10.2 Å². The lowest BCUT2D eigenvalue weighted by Crippen LogP contribution is -2.31. The summed E-state index contributed by atoms with van der Waals surface area (Å²) in [5.41, 5.74) is 2.05. The number of anilines is 1. The van der Waals surface area contributed by atoms with Crippen LogP contribution in [0, 0.1) is 10.1 Å². The fourth-order valence-electron chi connectivity index (χ4n) is 3.17. The maximum absolute atomic E-state index is 13.2. The van der Waals surface area contributed by atoms with Crippen molar-refractivity contribution in [2.75, 3.05) is 17.8 Å². The topological polar surface area (TPSA) is 112 Å². The zero-order valence-corrected chi connectivity index (χ0v) is 20.0. The van der Waals surface area contributed by atoms with Crippen LogP contribution in [-0.4, -0.2) is 33.9 Å². The van der Waals surface area contributed by atoms with Crippen molar-refractivity contribution in [2.45, 2.75) is 11.8 Å². The molecule has 1 aromatic heterocycles. The molecule has 0 saturated carbocycles. The fourth-order valence-corrected chi connectivity index (χ4v) is 3.94. The first-order chi connectivity index (χ1) is 16.9. The van der Waals surface area contributed by atoms with Gasteiger partial charge in [-0.3, -0.25) is 14.9 Å². The number of carbonyl (C=O) groups excluding carboxylic acids is 1. The second kappa shape index (κ2) is 11.0. The highest BCUT2D eigenvalue weighted by atomic mass is 35.5. The number of carbonyl (C=O) groups is 1. The average molecular weight is 511 g/mol. The fraction of sp³-hybridized carbons (Fsp3) is 0.125. The number of nitrogens with zero attached hydrogens (tertiary/aromatic N) is 4. The van der Waals surface area contributed by atoms with E-state index in [1.807, 2.05) is 12.1 Å². The molecular weight excluding hydrogens is 492 g/mol. The van der Waals surface area contributed by atoms with Gasteiger partial charge < -0.3 is 14.1 Å². The second-order valence-electron chi connectivity index (χ2n) is 7.27. The predicted octanol–water partition coefficient (Wildman–Crippen LogP) is 5.63. The molecule has 4 aromatic rings. The highest BCUT2D eigenvalue weighted by Crippen LogP contribution is 2.27. The van der Waals surface area contributed by atoms with Crippen molar-refractivity contribution >= 4 is 40.6 Å². The molecule has 0 unspecified atom stereocenters. The molecule has 35 heavy (non-hydrogen) atoms. The number of nitro benzene ring substituents is 1. The number of rotatable bonds is 9. The standard InChI is InChI=1S/C24H19ClN4O5S/c1-33-21-12-4-17(5-13-21)23-26-27-24(34-23)35-15-22(30)28(14-16-2-6-18(25)7-3-16)19-8-10-20(11-9-19)29(31)32/h2-13H,14-15H2,1H3. The smallest absolute Gasteiger partial charge is 0.277 e. The van der Waals surface area contributed by atoms with Gasteiger partial charge in [0.2, 0.25) is 11.8 Å². The van der Waals surface area contributed by atoms with Crippen molar-refractivity contribution in [3.05, 3.63) is 93.5 Å². The van der Waals surface area contributed by atoms with Crippen molar-refractivity contribution in [3.8, 4) is 17.2 Å². The number of benzene rings is 3. The third-order valence-electron chi connectivity index (χ3n) is 4.99. The van der Waals surface area contributed by atoms with Crippen molar-refractivity contribution in [1.82, 2.24) is 10.2 Å². The summed E-state index contributed by atoms with van der Waals surface area (Å²) in [7, 11) is 1.58. The van der Waals surface area contributed by atoms with E-state index in [0.29, 0.717) is 22.4 Å². The lowest BCUT2D eigenvalue weighted by atomic mass is 10.2. The number of non-ortho nitro benzene ring substituents is 1. The molecule has 0 fully saturated rings.